The molecule has 0 amide bonds. The van der Waals surface area contributed by atoms with Crippen molar-refractivity contribution in [2.75, 3.05) is 24.6 Å². The fourth-order valence-corrected chi connectivity index (χ4v) is 4.06. The van der Waals surface area contributed by atoms with Gasteiger partial charge >= 0.3 is 0 Å². The zero-order valence-corrected chi connectivity index (χ0v) is 19.8. The van der Waals surface area contributed by atoms with Crippen LogP contribution in [-0.2, 0) is 11.8 Å². The lowest BCUT2D eigenvalue weighted by Crippen LogP contribution is -2.51. The van der Waals surface area contributed by atoms with Gasteiger partial charge in [-0.2, -0.15) is 0 Å². The fourth-order valence-electron chi connectivity index (χ4n) is 4.06. The third-order valence-electron chi connectivity index (χ3n) is 5.63. The Balaban J connectivity index is 1.58. The predicted molar refractivity (Wildman–Crippen MR) is 128 cm³/mol. The summed E-state index contributed by atoms with van der Waals surface area (Å²) in [6.45, 7) is 14.8. The zero-order chi connectivity index (χ0) is 24.2. The van der Waals surface area contributed by atoms with E-state index in [1.165, 1.54) is 0 Å². The van der Waals surface area contributed by atoms with E-state index in [0.29, 0.717) is 54.6 Å². The number of hydrogen-bond acceptors (Lipinski definition) is 8. The van der Waals surface area contributed by atoms with Crippen LogP contribution in [0.5, 0.6) is 11.8 Å². The maximum absolute atomic E-state index is 12.6. The molecule has 0 aromatic carbocycles. The average Bonchev–Trinajstić information content (AvgIpc) is 2.83. The molecule has 10 nitrogen and oxygen atoms in total. The molecule has 34 heavy (non-hydrogen) atoms. The Kier molecular flexibility index (Phi) is 6.93. The fraction of sp³-hybridized carbons (Fsp3) is 0.458. The van der Waals surface area contributed by atoms with Crippen molar-refractivity contribution in [1.82, 2.24) is 19.7 Å². The molecule has 0 unspecified atom stereocenters. The van der Waals surface area contributed by atoms with Gasteiger partial charge in [-0.3, -0.25) is 4.79 Å². The summed E-state index contributed by atoms with van der Waals surface area (Å²) < 4.78 is 19.2. The van der Waals surface area contributed by atoms with Crippen LogP contribution in [0, 0.1) is 6.57 Å². The number of nitrogens with zero attached hydrogens (tertiary/aromatic N) is 6. The summed E-state index contributed by atoms with van der Waals surface area (Å²) in [4.78, 5) is 22.7. The van der Waals surface area contributed by atoms with Crippen LogP contribution in [0.2, 0.25) is 0 Å². The van der Waals surface area contributed by atoms with E-state index in [2.05, 4.69) is 24.9 Å². The average molecular weight is 465 g/mol. The number of hydrogen-bond donors (Lipinski definition) is 0. The van der Waals surface area contributed by atoms with Crippen molar-refractivity contribution >= 4 is 22.5 Å². The second-order valence-corrected chi connectivity index (χ2v) is 8.34. The van der Waals surface area contributed by atoms with Crippen molar-refractivity contribution in [2.45, 2.75) is 45.5 Å². The highest BCUT2D eigenvalue weighted by molar-refractivity contribution is 5.89. The third kappa shape index (κ3) is 4.94. The van der Waals surface area contributed by atoms with Gasteiger partial charge in [-0.15, -0.1) is 15.2 Å². The molecule has 1 fully saturated rings. The molecule has 0 bridgehead atoms. The molecule has 4 rings (SSSR count). The predicted octanol–water partition coefficient (Wildman–Crippen LogP) is 3.12. The van der Waals surface area contributed by atoms with Crippen molar-refractivity contribution < 1.29 is 14.2 Å². The molecule has 4 heterocycles. The smallest absolute Gasteiger partial charge is 0.270 e. The minimum absolute atomic E-state index is 0.0129. The van der Waals surface area contributed by atoms with Gasteiger partial charge in [-0.25, -0.2) is 0 Å². The maximum Gasteiger partial charge on any atom is 0.270 e. The summed E-state index contributed by atoms with van der Waals surface area (Å²) in [5, 5.41) is 8.20. The standard InChI is InChI=1S/C24H28N6O4/c1-6-32-19-14-30(12-11-18(19)34-22-10-9-21(27-28-22)33-15(2)3)17-13-23(31)29(5)16-7-8-20(25-4)26-24(16)17/h7-10,13,15,18-19H,6,11-12,14H2,1-3,5H3/t18-,19-/m0/s1. The second kappa shape index (κ2) is 10.1. The minimum atomic E-state index is -0.254. The summed E-state index contributed by atoms with van der Waals surface area (Å²) in [5.74, 6) is 1.14. The summed E-state index contributed by atoms with van der Waals surface area (Å²) in [6.07, 6.45) is 0.178. The van der Waals surface area contributed by atoms with Crippen molar-refractivity contribution in [3.8, 4) is 11.8 Å². The number of aromatic nitrogens is 4. The number of fused-ring (bicyclic) bond motifs is 1. The minimum Gasteiger partial charge on any atom is -0.474 e. The van der Waals surface area contributed by atoms with Gasteiger partial charge in [0, 0.05) is 51.4 Å². The van der Waals surface area contributed by atoms with E-state index in [1.807, 2.05) is 20.8 Å². The Bertz CT molecular complexity index is 1250. The van der Waals surface area contributed by atoms with Crippen molar-refractivity contribution in [2.24, 2.45) is 7.05 Å². The first-order chi connectivity index (χ1) is 16.4. The first-order valence-electron chi connectivity index (χ1n) is 11.3. The first kappa shape index (κ1) is 23.4. The molecular formula is C24H28N6O4. The van der Waals surface area contributed by atoms with Crippen molar-refractivity contribution in [3.63, 3.8) is 0 Å². The molecule has 2 atom stereocenters. The molecule has 0 N–H and O–H groups in total. The molecule has 0 radical (unpaired) electrons. The van der Waals surface area contributed by atoms with Crippen LogP contribution >= 0.6 is 0 Å². The van der Waals surface area contributed by atoms with Crippen LogP contribution in [0.25, 0.3) is 15.9 Å². The Morgan fingerprint density at radius 1 is 1.18 bits per heavy atom. The van der Waals surface area contributed by atoms with E-state index in [-0.39, 0.29) is 29.7 Å². The van der Waals surface area contributed by atoms with E-state index in [9.17, 15) is 4.79 Å². The van der Waals surface area contributed by atoms with Gasteiger partial charge < -0.3 is 28.5 Å². The number of rotatable bonds is 7. The summed E-state index contributed by atoms with van der Waals surface area (Å²) in [6, 6.07) is 8.44. The van der Waals surface area contributed by atoms with E-state index in [1.54, 1.807) is 41.9 Å². The number of anilines is 1. The highest BCUT2D eigenvalue weighted by Crippen LogP contribution is 2.30. The van der Waals surface area contributed by atoms with Gasteiger partial charge in [0.15, 0.2) is 0 Å². The molecule has 10 heteroatoms. The molecule has 1 aliphatic heterocycles. The van der Waals surface area contributed by atoms with E-state index < -0.39 is 0 Å². The van der Waals surface area contributed by atoms with Gasteiger partial charge in [0.1, 0.15) is 12.2 Å². The Hall–Kier alpha value is -3.71. The molecule has 3 aromatic heterocycles. The van der Waals surface area contributed by atoms with Crippen LogP contribution in [0.3, 0.4) is 0 Å². The van der Waals surface area contributed by atoms with Crippen molar-refractivity contribution in [3.05, 3.63) is 52.1 Å². The Morgan fingerprint density at radius 2 is 1.94 bits per heavy atom. The summed E-state index contributed by atoms with van der Waals surface area (Å²) in [7, 11) is 1.70. The number of piperidine rings is 1. The highest BCUT2D eigenvalue weighted by atomic mass is 16.5. The molecule has 178 valence electrons. The molecule has 0 spiro atoms. The highest BCUT2D eigenvalue weighted by Gasteiger charge is 2.33. The van der Waals surface area contributed by atoms with Crippen LogP contribution < -0.4 is 19.9 Å². The van der Waals surface area contributed by atoms with Gasteiger partial charge in [-0.1, -0.05) is 6.57 Å². The molecule has 1 saturated heterocycles. The number of aryl methyl sites for hydroxylation is 1. The van der Waals surface area contributed by atoms with Gasteiger partial charge in [0.05, 0.1) is 17.3 Å². The second-order valence-electron chi connectivity index (χ2n) is 8.34. The van der Waals surface area contributed by atoms with Gasteiger partial charge in [-0.05, 0) is 32.9 Å². The third-order valence-corrected chi connectivity index (χ3v) is 5.63. The van der Waals surface area contributed by atoms with E-state index in [0.717, 1.165) is 0 Å². The van der Waals surface area contributed by atoms with E-state index in [4.69, 9.17) is 20.8 Å². The Labute approximate surface area is 197 Å². The molecule has 0 saturated carbocycles. The number of pyridine rings is 2. The van der Waals surface area contributed by atoms with Gasteiger partial charge in [0.25, 0.3) is 11.4 Å². The molecule has 1 aliphatic rings. The van der Waals surface area contributed by atoms with Crippen LogP contribution in [0.15, 0.2) is 35.1 Å². The lowest BCUT2D eigenvalue weighted by molar-refractivity contribution is -0.0299. The number of ether oxygens (including phenoxy) is 3. The first-order valence-corrected chi connectivity index (χ1v) is 11.3. The van der Waals surface area contributed by atoms with Gasteiger partial charge in [0.2, 0.25) is 17.3 Å². The SMILES string of the molecule is [C-]#[N+]c1ccc2c(n1)c(N1CC[C@H](Oc3ccc(OC(C)C)nn3)[C@@H](OCC)C1)cc(=O)n2C. The Morgan fingerprint density at radius 3 is 2.62 bits per heavy atom. The van der Waals surface area contributed by atoms with Crippen molar-refractivity contribution in [1.29, 1.82) is 0 Å². The van der Waals surface area contributed by atoms with Crippen LogP contribution in [-0.4, -0.2) is 57.8 Å². The zero-order valence-electron chi connectivity index (χ0n) is 19.8. The van der Waals surface area contributed by atoms with Crippen LogP contribution in [0.4, 0.5) is 11.5 Å². The monoisotopic (exact) mass is 464 g/mol. The lowest BCUT2D eigenvalue weighted by Gasteiger charge is -2.38. The molecule has 0 aliphatic carbocycles. The molecular weight excluding hydrogens is 436 g/mol. The largest absolute Gasteiger partial charge is 0.474 e. The summed E-state index contributed by atoms with van der Waals surface area (Å²) >= 11 is 0. The topological polar surface area (TPSA) is 96.0 Å². The molecule has 3 aromatic rings. The maximum atomic E-state index is 12.6. The van der Waals surface area contributed by atoms with E-state index >= 15 is 0 Å². The lowest BCUT2D eigenvalue weighted by atomic mass is 10.0. The quantitative estimate of drug-likeness (QED) is 0.492. The summed E-state index contributed by atoms with van der Waals surface area (Å²) in [5.41, 5.74) is 1.86. The van der Waals surface area contributed by atoms with Crippen LogP contribution in [0.1, 0.15) is 27.2 Å². The normalized spacial score (nSPS) is 18.2.